The smallest absolute Gasteiger partial charge is 0.306 e. The Bertz CT molecular complexity index is 799. The summed E-state index contributed by atoms with van der Waals surface area (Å²) >= 11 is 0. The van der Waals surface area contributed by atoms with Crippen molar-refractivity contribution in [2.45, 2.75) is 38.6 Å². The number of aliphatic carboxylic acids is 1. The minimum absolute atomic E-state index is 0.0811. The maximum absolute atomic E-state index is 13.6. The first-order valence-electron chi connectivity index (χ1n) is 8.03. The number of carbonyl (C=O) groups is 2. The van der Waals surface area contributed by atoms with E-state index in [2.05, 4.69) is 15.5 Å². The van der Waals surface area contributed by atoms with Gasteiger partial charge in [0.2, 0.25) is 17.6 Å². The molecule has 1 aromatic carbocycles. The van der Waals surface area contributed by atoms with Gasteiger partial charge >= 0.3 is 5.97 Å². The van der Waals surface area contributed by atoms with Gasteiger partial charge in [0.1, 0.15) is 5.82 Å². The Morgan fingerprint density at radius 1 is 1.40 bits per heavy atom. The fraction of sp³-hybridized carbons (Fsp3) is 0.412. The number of carbonyl (C=O) groups excluding carboxylic acids is 1. The van der Waals surface area contributed by atoms with Crippen LogP contribution in [0.1, 0.15) is 30.7 Å². The van der Waals surface area contributed by atoms with E-state index in [4.69, 9.17) is 9.63 Å². The minimum atomic E-state index is -0.823. The van der Waals surface area contributed by atoms with Crippen LogP contribution in [0.15, 0.2) is 22.7 Å². The van der Waals surface area contributed by atoms with Gasteiger partial charge in [0.05, 0.1) is 5.92 Å². The van der Waals surface area contributed by atoms with Crippen molar-refractivity contribution >= 4 is 11.9 Å². The molecule has 0 unspecified atom stereocenters. The number of carboxylic acids is 1. The van der Waals surface area contributed by atoms with Crippen LogP contribution in [0.25, 0.3) is 11.4 Å². The Morgan fingerprint density at radius 3 is 2.84 bits per heavy atom. The lowest BCUT2D eigenvalue weighted by Crippen LogP contribution is -2.46. The number of nitrogens with zero attached hydrogens (tertiary/aromatic N) is 2. The summed E-state index contributed by atoms with van der Waals surface area (Å²) in [7, 11) is 0. The maximum Gasteiger partial charge on any atom is 0.306 e. The number of benzene rings is 1. The molecule has 2 N–H and O–H groups in total. The lowest BCUT2D eigenvalue weighted by atomic mass is 9.80. The number of rotatable bonds is 6. The Labute approximate surface area is 143 Å². The number of aryl methyl sites for hydroxylation is 2. The molecule has 3 rings (SSSR count). The highest BCUT2D eigenvalue weighted by Gasteiger charge is 2.35. The molecule has 1 amide bonds. The van der Waals surface area contributed by atoms with Crippen LogP contribution in [-0.2, 0) is 16.0 Å². The minimum Gasteiger partial charge on any atom is -0.481 e. The van der Waals surface area contributed by atoms with Gasteiger partial charge in [0.25, 0.3) is 0 Å². The first-order chi connectivity index (χ1) is 11.9. The Morgan fingerprint density at radius 2 is 2.16 bits per heavy atom. The first kappa shape index (κ1) is 17.1. The quantitative estimate of drug-likeness (QED) is 0.829. The van der Waals surface area contributed by atoms with Crippen LogP contribution in [0.3, 0.4) is 0 Å². The molecule has 0 bridgehead atoms. The van der Waals surface area contributed by atoms with Crippen LogP contribution in [0, 0.1) is 18.7 Å². The Kier molecular flexibility index (Phi) is 4.78. The van der Waals surface area contributed by atoms with Gasteiger partial charge in [-0.1, -0.05) is 17.3 Å². The highest BCUT2D eigenvalue weighted by molar-refractivity contribution is 5.77. The molecule has 1 aromatic heterocycles. The second-order valence-corrected chi connectivity index (χ2v) is 6.25. The highest BCUT2D eigenvalue weighted by atomic mass is 19.1. The molecule has 1 heterocycles. The van der Waals surface area contributed by atoms with Crippen molar-refractivity contribution < 1.29 is 23.6 Å². The predicted octanol–water partition coefficient (Wildman–Crippen LogP) is 2.10. The predicted molar refractivity (Wildman–Crippen MR) is 85.0 cm³/mol. The van der Waals surface area contributed by atoms with E-state index in [1.54, 1.807) is 19.1 Å². The van der Waals surface area contributed by atoms with Crippen LogP contribution < -0.4 is 5.32 Å². The van der Waals surface area contributed by atoms with E-state index in [0.29, 0.717) is 29.9 Å². The number of hydrogen-bond acceptors (Lipinski definition) is 5. The van der Waals surface area contributed by atoms with Gasteiger partial charge in [0.15, 0.2) is 0 Å². The van der Waals surface area contributed by atoms with Gasteiger partial charge < -0.3 is 14.9 Å². The maximum atomic E-state index is 13.6. The van der Waals surface area contributed by atoms with E-state index in [0.717, 1.165) is 0 Å². The lowest BCUT2D eigenvalue weighted by molar-refractivity contribution is -0.146. The summed E-state index contributed by atoms with van der Waals surface area (Å²) in [5.41, 5.74) is 1.04. The summed E-state index contributed by atoms with van der Waals surface area (Å²) in [6.45, 7) is 1.67. The van der Waals surface area contributed by atoms with Crippen LogP contribution in [0.4, 0.5) is 4.39 Å². The summed E-state index contributed by atoms with van der Waals surface area (Å²) < 4.78 is 18.7. The van der Waals surface area contributed by atoms with Crippen molar-refractivity contribution in [3.63, 3.8) is 0 Å². The highest BCUT2D eigenvalue weighted by Crippen LogP contribution is 2.27. The molecule has 8 heteroatoms. The molecule has 0 aliphatic heterocycles. The van der Waals surface area contributed by atoms with Crippen LogP contribution in [0.5, 0.6) is 0 Å². The number of aromatic nitrogens is 2. The fourth-order valence-corrected chi connectivity index (χ4v) is 2.66. The van der Waals surface area contributed by atoms with Crippen molar-refractivity contribution in [3.05, 3.63) is 35.5 Å². The standard InChI is InChI=1S/C17H18FN3O4/c1-9-2-3-10(8-13(9)18)16-20-15(25-21-16)5-4-14(22)19-12-6-11(7-12)17(23)24/h2-3,8,11-12H,4-7H2,1H3,(H,19,22)(H,23,24). The summed E-state index contributed by atoms with van der Waals surface area (Å²) in [6.07, 6.45) is 1.36. The molecule has 0 radical (unpaired) electrons. The van der Waals surface area contributed by atoms with E-state index in [9.17, 15) is 14.0 Å². The second-order valence-electron chi connectivity index (χ2n) is 6.25. The number of halogens is 1. The zero-order chi connectivity index (χ0) is 18.0. The van der Waals surface area contributed by atoms with E-state index >= 15 is 0 Å². The zero-order valence-electron chi connectivity index (χ0n) is 13.7. The molecule has 132 valence electrons. The molecular formula is C17H18FN3O4. The molecule has 2 aromatic rings. The molecule has 1 aliphatic carbocycles. The van der Waals surface area contributed by atoms with Crippen molar-refractivity contribution in [3.8, 4) is 11.4 Å². The van der Waals surface area contributed by atoms with Gasteiger partial charge in [-0.2, -0.15) is 4.98 Å². The van der Waals surface area contributed by atoms with Gasteiger partial charge in [-0.25, -0.2) is 4.39 Å². The average Bonchev–Trinajstić information content (AvgIpc) is 2.99. The summed E-state index contributed by atoms with van der Waals surface area (Å²) in [6, 6.07) is 4.60. The average molecular weight is 347 g/mol. The van der Waals surface area contributed by atoms with E-state index in [1.165, 1.54) is 6.07 Å². The van der Waals surface area contributed by atoms with Gasteiger partial charge in [0, 0.05) is 24.4 Å². The molecule has 1 fully saturated rings. The third-order valence-corrected chi connectivity index (χ3v) is 4.32. The van der Waals surface area contributed by atoms with Gasteiger partial charge in [-0.3, -0.25) is 9.59 Å². The van der Waals surface area contributed by atoms with Gasteiger partial charge in [-0.15, -0.1) is 0 Å². The largest absolute Gasteiger partial charge is 0.481 e. The van der Waals surface area contributed by atoms with E-state index in [-0.39, 0.29) is 42.4 Å². The van der Waals surface area contributed by atoms with E-state index < -0.39 is 5.97 Å². The molecule has 0 saturated heterocycles. The first-order valence-corrected chi connectivity index (χ1v) is 8.03. The fourth-order valence-electron chi connectivity index (χ4n) is 2.66. The number of hydrogen-bond donors (Lipinski definition) is 2. The number of carboxylic acid groups (broad SMARTS) is 1. The Balaban J connectivity index is 1.49. The number of nitrogens with one attached hydrogen (secondary N) is 1. The summed E-state index contributed by atoms with van der Waals surface area (Å²) in [5, 5.41) is 15.4. The van der Waals surface area contributed by atoms with Crippen molar-refractivity contribution in [2.24, 2.45) is 5.92 Å². The summed E-state index contributed by atoms with van der Waals surface area (Å²) in [5.74, 6) is -1.14. The molecule has 1 saturated carbocycles. The SMILES string of the molecule is Cc1ccc(-c2noc(CCC(=O)NC3CC(C(=O)O)C3)n2)cc1F. The molecular weight excluding hydrogens is 329 g/mol. The van der Waals surface area contributed by atoms with Crippen molar-refractivity contribution in [1.29, 1.82) is 0 Å². The van der Waals surface area contributed by atoms with Crippen molar-refractivity contribution in [2.75, 3.05) is 0 Å². The molecule has 1 aliphatic rings. The second kappa shape index (κ2) is 7.00. The molecule has 7 nitrogen and oxygen atoms in total. The molecule has 0 spiro atoms. The third kappa shape index (κ3) is 4.01. The Hall–Kier alpha value is -2.77. The van der Waals surface area contributed by atoms with Gasteiger partial charge in [-0.05, 0) is 31.4 Å². The molecule has 25 heavy (non-hydrogen) atoms. The van der Waals surface area contributed by atoms with E-state index in [1.807, 2.05) is 0 Å². The monoisotopic (exact) mass is 347 g/mol. The molecule has 0 atom stereocenters. The van der Waals surface area contributed by atoms with Crippen LogP contribution >= 0.6 is 0 Å². The topological polar surface area (TPSA) is 105 Å². The van der Waals surface area contributed by atoms with Crippen molar-refractivity contribution in [1.82, 2.24) is 15.5 Å². The van der Waals surface area contributed by atoms with Crippen LogP contribution in [0.2, 0.25) is 0 Å². The zero-order valence-corrected chi connectivity index (χ0v) is 13.7. The summed E-state index contributed by atoms with van der Waals surface area (Å²) in [4.78, 5) is 26.7. The third-order valence-electron chi connectivity index (χ3n) is 4.32. The normalized spacial score (nSPS) is 19.3. The van der Waals surface area contributed by atoms with Crippen LogP contribution in [-0.4, -0.2) is 33.2 Å². The lowest BCUT2D eigenvalue weighted by Gasteiger charge is -2.32. The number of amides is 1.